The SMILES string of the molecule is O=C(Nc1ccc(N2CCCC2=O)cc1)c1cc(F)c(Cl)cc1Cl. The molecule has 2 aromatic carbocycles. The lowest BCUT2D eigenvalue weighted by atomic mass is 10.2. The van der Waals surface area contributed by atoms with E-state index in [9.17, 15) is 14.0 Å². The number of carbonyl (C=O) groups is 2. The predicted molar refractivity (Wildman–Crippen MR) is 92.4 cm³/mol. The Hall–Kier alpha value is -2.11. The molecule has 1 N–H and O–H groups in total. The summed E-state index contributed by atoms with van der Waals surface area (Å²) in [6, 6.07) is 9.05. The summed E-state index contributed by atoms with van der Waals surface area (Å²) in [5.74, 6) is -1.16. The molecule has 24 heavy (non-hydrogen) atoms. The molecule has 3 rings (SSSR count). The maximum atomic E-state index is 13.5. The molecule has 1 fully saturated rings. The number of carbonyl (C=O) groups excluding carboxylic acids is 2. The summed E-state index contributed by atoms with van der Waals surface area (Å²) in [4.78, 5) is 25.6. The first-order valence-electron chi connectivity index (χ1n) is 7.32. The fourth-order valence-corrected chi connectivity index (χ4v) is 3.01. The summed E-state index contributed by atoms with van der Waals surface area (Å²) in [6.45, 7) is 0.699. The van der Waals surface area contributed by atoms with Crippen molar-refractivity contribution < 1.29 is 14.0 Å². The van der Waals surface area contributed by atoms with E-state index in [1.165, 1.54) is 6.07 Å². The van der Waals surface area contributed by atoms with Crippen molar-refractivity contribution in [1.82, 2.24) is 0 Å². The van der Waals surface area contributed by atoms with Gasteiger partial charge in [-0.3, -0.25) is 9.59 Å². The molecule has 4 nitrogen and oxygen atoms in total. The Morgan fingerprint density at radius 1 is 1.12 bits per heavy atom. The van der Waals surface area contributed by atoms with Gasteiger partial charge in [-0.25, -0.2) is 4.39 Å². The zero-order chi connectivity index (χ0) is 17.3. The van der Waals surface area contributed by atoms with Crippen LogP contribution in [0.15, 0.2) is 36.4 Å². The Morgan fingerprint density at radius 2 is 1.83 bits per heavy atom. The molecule has 0 saturated carbocycles. The van der Waals surface area contributed by atoms with E-state index in [-0.39, 0.29) is 21.5 Å². The highest BCUT2D eigenvalue weighted by atomic mass is 35.5. The molecular weight excluding hydrogens is 354 g/mol. The monoisotopic (exact) mass is 366 g/mol. The van der Waals surface area contributed by atoms with Crippen molar-refractivity contribution in [3.63, 3.8) is 0 Å². The second-order valence-corrected chi connectivity index (χ2v) is 6.21. The van der Waals surface area contributed by atoms with Gasteiger partial charge in [0.2, 0.25) is 5.91 Å². The van der Waals surface area contributed by atoms with Crippen molar-refractivity contribution >= 4 is 46.4 Å². The number of hydrogen-bond acceptors (Lipinski definition) is 2. The lowest BCUT2D eigenvalue weighted by Crippen LogP contribution is -2.23. The van der Waals surface area contributed by atoms with Crippen LogP contribution in [0.3, 0.4) is 0 Å². The van der Waals surface area contributed by atoms with Crippen molar-refractivity contribution in [1.29, 1.82) is 0 Å². The summed E-state index contributed by atoms with van der Waals surface area (Å²) in [6.07, 6.45) is 1.40. The minimum Gasteiger partial charge on any atom is -0.322 e. The van der Waals surface area contributed by atoms with Crippen LogP contribution in [0.25, 0.3) is 0 Å². The van der Waals surface area contributed by atoms with Gasteiger partial charge in [0.25, 0.3) is 5.91 Å². The number of nitrogens with zero attached hydrogens (tertiary/aromatic N) is 1. The second-order valence-electron chi connectivity index (χ2n) is 5.40. The van der Waals surface area contributed by atoms with E-state index in [4.69, 9.17) is 23.2 Å². The van der Waals surface area contributed by atoms with Crippen molar-refractivity contribution in [3.8, 4) is 0 Å². The third kappa shape index (κ3) is 3.37. The molecule has 7 heteroatoms. The summed E-state index contributed by atoms with van der Waals surface area (Å²) < 4.78 is 13.5. The Labute approximate surface area is 148 Å². The number of nitrogens with one attached hydrogen (secondary N) is 1. The molecule has 0 radical (unpaired) electrons. The first-order valence-corrected chi connectivity index (χ1v) is 8.07. The number of halogens is 3. The number of anilines is 2. The van der Waals surface area contributed by atoms with Crippen LogP contribution in [0.1, 0.15) is 23.2 Å². The van der Waals surface area contributed by atoms with Gasteiger partial charge in [-0.1, -0.05) is 23.2 Å². The third-order valence-corrected chi connectivity index (χ3v) is 4.37. The van der Waals surface area contributed by atoms with Gasteiger partial charge < -0.3 is 10.2 Å². The van der Waals surface area contributed by atoms with E-state index in [0.717, 1.165) is 18.2 Å². The molecule has 0 atom stereocenters. The number of benzene rings is 2. The zero-order valence-electron chi connectivity index (χ0n) is 12.5. The molecule has 1 aliphatic heterocycles. The minimum atomic E-state index is -0.714. The van der Waals surface area contributed by atoms with Crippen molar-refractivity contribution in [3.05, 3.63) is 57.8 Å². The van der Waals surface area contributed by atoms with Gasteiger partial charge in [0.1, 0.15) is 5.82 Å². The molecule has 0 bridgehead atoms. The molecule has 2 aromatic rings. The highest BCUT2D eigenvalue weighted by Crippen LogP contribution is 2.26. The van der Waals surface area contributed by atoms with Gasteiger partial charge in [0.05, 0.1) is 15.6 Å². The Balaban J connectivity index is 1.75. The average Bonchev–Trinajstić information content (AvgIpc) is 2.97. The first kappa shape index (κ1) is 16.7. The summed E-state index contributed by atoms with van der Waals surface area (Å²) in [5, 5.41) is 2.56. The molecule has 1 heterocycles. The van der Waals surface area contributed by atoms with Gasteiger partial charge >= 0.3 is 0 Å². The lowest BCUT2D eigenvalue weighted by Gasteiger charge is -2.16. The quantitative estimate of drug-likeness (QED) is 0.812. The van der Waals surface area contributed by atoms with Crippen LogP contribution >= 0.6 is 23.2 Å². The first-order chi connectivity index (χ1) is 11.5. The highest BCUT2D eigenvalue weighted by molar-refractivity contribution is 6.37. The third-order valence-electron chi connectivity index (χ3n) is 3.76. The predicted octanol–water partition coefficient (Wildman–Crippen LogP) is 4.51. The lowest BCUT2D eigenvalue weighted by molar-refractivity contribution is -0.117. The van der Waals surface area contributed by atoms with E-state index in [0.29, 0.717) is 18.7 Å². The summed E-state index contributed by atoms with van der Waals surface area (Å²) in [7, 11) is 0. The topological polar surface area (TPSA) is 49.4 Å². The molecule has 1 saturated heterocycles. The smallest absolute Gasteiger partial charge is 0.257 e. The molecular formula is C17H13Cl2FN2O2. The van der Waals surface area contributed by atoms with Gasteiger partial charge in [-0.05, 0) is 42.8 Å². The molecule has 0 unspecified atom stereocenters. The van der Waals surface area contributed by atoms with E-state index < -0.39 is 11.7 Å². The maximum Gasteiger partial charge on any atom is 0.257 e. The normalized spacial score (nSPS) is 14.1. The summed E-state index contributed by atoms with van der Waals surface area (Å²) in [5.41, 5.74) is 1.30. The van der Waals surface area contributed by atoms with Gasteiger partial charge in [-0.2, -0.15) is 0 Å². The zero-order valence-corrected chi connectivity index (χ0v) is 14.0. The van der Waals surface area contributed by atoms with E-state index in [1.54, 1.807) is 29.2 Å². The van der Waals surface area contributed by atoms with Crippen molar-refractivity contribution in [2.24, 2.45) is 0 Å². The average molecular weight is 367 g/mol. The van der Waals surface area contributed by atoms with Gasteiger partial charge in [-0.15, -0.1) is 0 Å². The van der Waals surface area contributed by atoms with Crippen LogP contribution in [0.2, 0.25) is 10.0 Å². The standard InChI is InChI=1S/C17H13Cl2FN2O2/c18-13-9-14(19)15(20)8-12(13)17(24)21-10-3-5-11(6-4-10)22-7-1-2-16(22)23/h3-6,8-9H,1-2,7H2,(H,21,24). The fraction of sp³-hybridized carbons (Fsp3) is 0.176. The van der Waals surface area contributed by atoms with Crippen molar-refractivity contribution in [2.75, 3.05) is 16.8 Å². The molecule has 124 valence electrons. The number of rotatable bonds is 3. The van der Waals surface area contributed by atoms with Crippen LogP contribution in [0.4, 0.5) is 15.8 Å². The van der Waals surface area contributed by atoms with E-state index in [2.05, 4.69) is 5.32 Å². The molecule has 0 spiro atoms. The second kappa shape index (κ2) is 6.79. The maximum absolute atomic E-state index is 13.5. The van der Waals surface area contributed by atoms with Crippen molar-refractivity contribution in [2.45, 2.75) is 12.8 Å². The Morgan fingerprint density at radius 3 is 2.46 bits per heavy atom. The molecule has 0 aliphatic carbocycles. The fourth-order valence-electron chi connectivity index (χ4n) is 2.54. The van der Waals surface area contributed by atoms with Crippen LogP contribution in [-0.2, 0) is 4.79 Å². The highest BCUT2D eigenvalue weighted by Gasteiger charge is 2.21. The molecule has 1 aliphatic rings. The van der Waals surface area contributed by atoms with Crippen LogP contribution in [-0.4, -0.2) is 18.4 Å². The molecule has 0 aromatic heterocycles. The minimum absolute atomic E-state index is 0.00244. The Bertz CT molecular complexity index is 809. The van der Waals surface area contributed by atoms with Crippen LogP contribution in [0.5, 0.6) is 0 Å². The van der Waals surface area contributed by atoms with Gasteiger partial charge in [0.15, 0.2) is 0 Å². The Kier molecular flexibility index (Phi) is 4.73. The van der Waals surface area contributed by atoms with E-state index in [1.807, 2.05) is 0 Å². The summed E-state index contributed by atoms with van der Waals surface area (Å²) >= 11 is 11.6. The van der Waals surface area contributed by atoms with Crippen LogP contribution in [0, 0.1) is 5.82 Å². The van der Waals surface area contributed by atoms with Crippen LogP contribution < -0.4 is 10.2 Å². The van der Waals surface area contributed by atoms with E-state index >= 15 is 0 Å². The number of amides is 2. The van der Waals surface area contributed by atoms with Gasteiger partial charge in [0, 0.05) is 24.3 Å². The molecule has 2 amide bonds. The number of hydrogen-bond donors (Lipinski definition) is 1. The largest absolute Gasteiger partial charge is 0.322 e.